The van der Waals surface area contributed by atoms with Crippen LogP contribution >= 0.6 is 11.6 Å². The normalized spacial score (nSPS) is 17.0. The summed E-state index contributed by atoms with van der Waals surface area (Å²) in [4.78, 5) is 28.1. The van der Waals surface area contributed by atoms with E-state index in [4.69, 9.17) is 11.6 Å². The molecule has 6 rings (SSSR count). The van der Waals surface area contributed by atoms with Crippen molar-refractivity contribution in [2.75, 3.05) is 0 Å². The van der Waals surface area contributed by atoms with Crippen molar-refractivity contribution >= 4 is 22.6 Å². The summed E-state index contributed by atoms with van der Waals surface area (Å²) in [6.45, 7) is 6.47. The predicted molar refractivity (Wildman–Crippen MR) is 180 cm³/mol. The van der Waals surface area contributed by atoms with Gasteiger partial charge in [-0.2, -0.15) is 4.98 Å². The number of halogens is 2. The summed E-state index contributed by atoms with van der Waals surface area (Å²) in [6, 6.07) is 14.3. The molecule has 0 bridgehead atoms. The molecule has 236 valence electrons. The molecule has 5 aromatic rings. The molecule has 0 unspecified atom stereocenters. The minimum atomic E-state index is -0.479. The smallest absolute Gasteiger partial charge is 0.348 e. The number of piperidine rings is 1. The maximum absolute atomic E-state index is 15.2. The molecular weight excluding hydrogens is 587 g/mol. The molecule has 0 radical (unpaired) electrons. The lowest BCUT2D eigenvalue weighted by Gasteiger charge is -2.31. The molecule has 1 saturated heterocycles. The molecule has 1 aliphatic heterocycles. The van der Waals surface area contributed by atoms with Crippen LogP contribution in [0.5, 0.6) is 0 Å². The Morgan fingerprint density at radius 3 is 2.67 bits per heavy atom. The summed E-state index contributed by atoms with van der Waals surface area (Å²) >= 11 is 6.30. The van der Waals surface area contributed by atoms with Gasteiger partial charge < -0.3 is 15.3 Å². The highest BCUT2D eigenvalue weighted by Gasteiger charge is 2.22. The van der Waals surface area contributed by atoms with E-state index >= 15 is 4.39 Å². The molecule has 0 saturated carbocycles. The van der Waals surface area contributed by atoms with E-state index in [1.807, 2.05) is 24.3 Å². The molecule has 45 heavy (non-hydrogen) atoms. The topological polar surface area (TPSA) is 91.4 Å². The Balaban J connectivity index is 1.16. The number of aryl methyl sites for hydroxylation is 3. The lowest BCUT2D eigenvalue weighted by atomic mass is 9.91. The van der Waals surface area contributed by atoms with Gasteiger partial charge in [0.05, 0.1) is 28.4 Å². The summed E-state index contributed by atoms with van der Waals surface area (Å²) < 4.78 is 16.7. The highest BCUT2D eigenvalue weighted by Crippen LogP contribution is 2.32. The maximum Gasteiger partial charge on any atom is 0.354 e. The van der Waals surface area contributed by atoms with Crippen LogP contribution < -0.4 is 11.0 Å². The van der Waals surface area contributed by atoms with Crippen LogP contribution in [0.1, 0.15) is 87.3 Å². The zero-order valence-electron chi connectivity index (χ0n) is 26.3. The van der Waals surface area contributed by atoms with Gasteiger partial charge >= 0.3 is 5.69 Å². The van der Waals surface area contributed by atoms with Crippen LogP contribution in [0.2, 0.25) is 5.02 Å². The van der Waals surface area contributed by atoms with Gasteiger partial charge in [0.1, 0.15) is 5.65 Å². The number of hydrogen-bond donors (Lipinski definition) is 3. The van der Waals surface area contributed by atoms with Gasteiger partial charge in [-0.15, -0.1) is 0 Å². The van der Waals surface area contributed by atoms with Gasteiger partial charge in [0, 0.05) is 34.9 Å². The lowest BCUT2D eigenvalue weighted by molar-refractivity contribution is 0.308. The van der Waals surface area contributed by atoms with Crippen molar-refractivity contribution in [2.24, 2.45) is 5.92 Å². The number of rotatable bonds is 11. The van der Waals surface area contributed by atoms with Gasteiger partial charge in [0.25, 0.3) is 0 Å². The van der Waals surface area contributed by atoms with Crippen molar-refractivity contribution in [3.05, 3.63) is 98.8 Å². The first-order chi connectivity index (χ1) is 21.7. The molecule has 1 fully saturated rings. The molecule has 3 aromatic heterocycles. The number of aromatic amines is 2. The average molecular weight is 629 g/mol. The zero-order valence-corrected chi connectivity index (χ0v) is 27.1. The fourth-order valence-electron chi connectivity index (χ4n) is 6.56. The van der Waals surface area contributed by atoms with Crippen LogP contribution in [0.4, 0.5) is 4.39 Å². The van der Waals surface area contributed by atoms with Crippen LogP contribution in [0, 0.1) is 18.7 Å². The maximum atomic E-state index is 15.2. The highest BCUT2D eigenvalue weighted by atomic mass is 35.5. The Morgan fingerprint density at radius 1 is 1.09 bits per heavy atom. The molecule has 2 atom stereocenters. The first-order valence-electron chi connectivity index (χ1n) is 16.2. The molecule has 0 amide bonds. The summed E-state index contributed by atoms with van der Waals surface area (Å²) in [7, 11) is 0. The third kappa shape index (κ3) is 7.23. The summed E-state index contributed by atoms with van der Waals surface area (Å²) in [5, 5.41) is 4.67. The fraction of sp³-hybridized carbons (Fsp3) is 0.417. The Hall–Kier alpha value is -3.75. The lowest BCUT2D eigenvalue weighted by Crippen LogP contribution is -2.36. The second-order valence-electron chi connectivity index (χ2n) is 12.9. The van der Waals surface area contributed by atoms with E-state index in [9.17, 15) is 4.79 Å². The van der Waals surface area contributed by atoms with E-state index in [-0.39, 0.29) is 11.1 Å². The number of aromatic nitrogens is 5. The molecule has 7 nitrogen and oxygen atoms in total. The Morgan fingerprint density at radius 2 is 1.91 bits per heavy atom. The molecule has 1 aliphatic rings. The molecule has 4 heterocycles. The van der Waals surface area contributed by atoms with E-state index in [1.165, 1.54) is 18.4 Å². The predicted octanol–water partition coefficient (Wildman–Crippen LogP) is 8.39. The molecule has 9 heteroatoms. The van der Waals surface area contributed by atoms with Crippen molar-refractivity contribution in [3.63, 3.8) is 0 Å². The number of nitrogens with zero attached hydrogens (tertiary/aromatic N) is 3. The zero-order chi connectivity index (χ0) is 31.5. The van der Waals surface area contributed by atoms with Crippen molar-refractivity contribution in [2.45, 2.75) is 90.6 Å². The SMILES string of the molecule is Cc1[nH]cnc1CCC[C@@H]1CCC[C@@H](c2ccc(-n3cc4cc(-c5cc(CCCC(C)C)cc(Cl)c5F)[nH]c4nc3=O)cc2)N1. The quantitative estimate of drug-likeness (QED) is 0.137. The van der Waals surface area contributed by atoms with E-state index < -0.39 is 11.5 Å². The van der Waals surface area contributed by atoms with Gasteiger partial charge in [-0.05, 0) is 99.2 Å². The van der Waals surface area contributed by atoms with Crippen LogP contribution in [-0.2, 0) is 12.8 Å². The van der Waals surface area contributed by atoms with Crippen LogP contribution in [0.25, 0.3) is 28.0 Å². The Kier molecular flexibility index (Phi) is 9.52. The molecule has 0 aliphatic carbocycles. The molecule has 2 aromatic carbocycles. The summed E-state index contributed by atoms with van der Waals surface area (Å²) in [6.07, 6.45) is 13.2. The van der Waals surface area contributed by atoms with Gasteiger partial charge in [-0.1, -0.05) is 50.4 Å². The van der Waals surface area contributed by atoms with Crippen molar-refractivity contribution in [1.29, 1.82) is 0 Å². The first kappa shape index (κ1) is 31.2. The number of hydrogen-bond acceptors (Lipinski definition) is 4. The minimum Gasteiger partial charge on any atom is -0.348 e. The second kappa shape index (κ2) is 13.7. The first-order valence-corrected chi connectivity index (χ1v) is 16.6. The molecular formula is C36H42ClFN6O. The Bertz CT molecular complexity index is 1820. The summed E-state index contributed by atoms with van der Waals surface area (Å²) in [5.74, 6) is 0.131. The third-order valence-electron chi connectivity index (χ3n) is 9.09. The number of fused-ring (bicyclic) bond motifs is 1. The van der Waals surface area contributed by atoms with E-state index in [1.54, 1.807) is 23.2 Å². The minimum absolute atomic E-state index is 0.0983. The highest BCUT2D eigenvalue weighted by molar-refractivity contribution is 6.31. The van der Waals surface area contributed by atoms with Gasteiger partial charge in [0.15, 0.2) is 5.82 Å². The van der Waals surface area contributed by atoms with Crippen LogP contribution in [0.3, 0.4) is 0 Å². The molecule has 3 N–H and O–H groups in total. The monoisotopic (exact) mass is 628 g/mol. The van der Waals surface area contributed by atoms with Crippen LogP contribution in [-0.4, -0.2) is 30.5 Å². The standard InChI is InChI=1S/C36H42ClFN6O/c1-22(2)7-4-8-24-17-29(34(38)30(37)18-24)33-19-26-20-44(36(45)43-35(26)42-33)28-15-13-25(14-16-28)32-12-6-10-27(41-32)9-5-11-31-23(3)39-21-40-31/h13-22,27,32,41H,4-12H2,1-3H3,(H,39,40)(H,42,43,45)/t27-,32+/m1/s1. The number of benzene rings is 2. The Labute approximate surface area is 268 Å². The van der Waals surface area contributed by atoms with Crippen molar-refractivity contribution in [1.82, 2.24) is 29.8 Å². The largest absolute Gasteiger partial charge is 0.354 e. The van der Waals surface area contributed by atoms with Gasteiger partial charge in [-0.3, -0.25) is 4.57 Å². The molecule has 0 spiro atoms. The van der Waals surface area contributed by atoms with Gasteiger partial charge in [-0.25, -0.2) is 14.2 Å². The fourth-order valence-corrected chi connectivity index (χ4v) is 6.80. The van der Waals surface area contributed by atoms with Crippen molar-refractivity contribution in [3.8, 4) is 16.9 Å². The van der Waals surface area contributed by atoms with E-state index in [0.29, 0.717) is 28.9 Å². The third-order valence-corrected chi connectivity index (χ3v) is 9.36. The number of nitrogens with one attached hydrogen (secondary N) is 3. The average Bonchev–Trinajstić information content (AvgIpc) is 3.63. The summed E-state index contributed by atoms with van der Waals surface area (Å²) in [5.41, 5.74) is 6.23. The van der Waals surface area contributed by atoms with Gasteiger partial charge in [0.2, 0.25) is 0 Å². The number of imidazole rings is 1. The second-order valence-corrected chi connectivity index (χ2v) is 13.3. The van der Waals surface area contributed by atoms with Crippen LogP contribution in [0.15, 0.2) is 59.8 Å². The van der Waals surface area contributed by atoms with Crippen molar-refractivity contribution < 1.29 is 4.39 Å². The van der Waals surface area contributed by atoms with E-state index in [0.717, 1.165) is 73.0 Å². The van der Waals surface area contributed by atoms with E-state index in [2.05, 4.69) is 58.2 Å². The number of H-pyrrole nitrogens is 2.